The number of imidazole rings is 1. The number of aromatic amines is 1. The number of aromatic nitrogens is 3. The minimum atomic E-state index is 0.766. The van der Waals surface area contributed by atoms with E-state index in [0.717, 1.165) is 29.0 Å². The van der Waals surface area contributed by atoms with Gasteiger partial charge in [0.2, 0.25) is 0 Å². The summed E-state index contributed by atoms with van der Waals surface area (Å²) in [7, 11) is 0. The number of aryl methyl sites for hydroxylation is 1. The van der Waals surface area contributed by atoms with Gasteiger partial charge in [0.25, 0.3) is 0 Å². The van der Waals surface area contributed by atoms with Crippen LogP contribution in [0.2, 0.25) is 0 Å². The van der Waals surface area contributed by atoms with E-state index in [1.54, 1.807) is 6.20 Å². The Bertz CT molecular complexity index is 605. The first kappa shape index (κ1) is 10.0. The van der Waals surface area contributed by atoms with Crippen LogP contribution in [-0.4, -0.2) is 15.0 Å². The van der Waals surface area contributed by atoms with E-state index >= 15 is 0 Å². The molecule has 3 heteroatoms. The first-order valence-corrected chi connectivity index (χ1v) is 5.77. The number of H-pyrrole nitrogens is 1. The number of benzene rings is 1. The molecule has 3 nitrogen and oxygen atoms in total. The van der Waals surface area contributed by atoms with Gasteiger partial charge in [-0.15, -0.1) is 0 Å². The molecule has 3 aromatic rings. The van der Waals surface area contributed by atoms with Gasteiger partial charge >= 0.3 is 0 Å². The van der Waals surface area contributed by atoms with Crippen LogP contribution in [0.25, 0.3) is 22.6 Å². The van der Waals surface area contributed by atoms with Gasteiger partial charge in [0.1, 0.15) is 5.82 Å². The minimum Gasteiger partial charge on any atom is -0.337 e. The molecule has 0 unspecified atom stereocenters. The van der Waals surface area contributed by atoms with Gasteiger partial charge in [-0.05, 0) is 24.1 Å². The number of fused-ring (bicyclic) bond motifs is 1. The summed E-state index contributed by atoms with van der Waals surface area (Å²) in [6, 6.07) is 12.3. The van der Waals surface area contributed by atoms with Crippen molar-refractivity contribution < 1.29 is 0 Å². The molecule has 0 fully saturated rings. The van der Waals surface area contributed by atoms with Gasteiger partial charge in [0.15, 0.2) is 5.65 Å². The van der Waals surface area contributed by atoms with Crippen LogP contribution in [0, 0.1) is 0 Å². The third kappa shape index (κ3) is 1.80. The van der Waals surface area contributed by atoms with Crippen molar-refractivity contribution in [3.63, 3.8) is 0 Å². The van der Waals surface area contributed by atoms with E-state index in [1.165, 1.54) is 5.56 Å². The van der Waals surface area contributed by atoms with Crippen LogP contribution < -0.4 is 0 Å². The van der Waals surface area contributed by atoms with Crippen LogP contribution in [0.5, 0.6) is 0 Å². The van der Waals surface area contributed by atoms with Crippen LogP contribution in [0.3, 0.4) is 0 Å². The monoisotopic (exact) mass is 223 g/mol. The molecule has 3 rings (SSSR count). The van der Waals surface area contributed by atoms with E-state index in [4.69, 9.17) is 0 Å². The number of nitrogens with one attached hydrogen (secondary N) is 1. The molecule has 0 aliphatic heterocycles. The van der Waals surface area contributed by atoms with Gasteiger partial charge in [-0.1, -0.05) is 31.2 Å². The summed E-state index contributed by atoms with van der Waals surface area (Å²) < 4.78 is 0. The molecule has 0 aliphatic rings. The fourth-order valence-corrected chi connectivity index (χ4v) is 1.88. The minimum absolute atomic E-state index is 0.766. The van der Waals surface area contributed by atoms with E-state index in [2.05, 4.69) is 46.1 Å². The molecule has 84 valence electrons. The van der Waals surface area contributed by atoms with E-state index in [-0.39, 0.29) is 0 Å². The van der Waals surface area contributed by atoms with Gasteiger partial charge in [-0.2, -0.15) is 0 Å². The number of nitrogens with zero attached hydrogens (tertiary/aromatic N) is 2. The summed E-state index contributed by atoms with van der Waals surface area (Å²) >= 11 is 0. The molecule has 0 amide bonds. The van der Waals surface area contributed by atoms with E-state index < -0.39 is 0 Å². The topological polar surface area (TPSA) is 41.6 Å². The lowest BCUT2D eigenvalue weighted by atomic mass is 10.1. The number of pyridine rings is 1. The highest BCUT2D eigenvalue weighted by Crippen LogP contribution is 2.19. The van der Waals surface area contributed by atoms with Crippen molar-refractivity contribution in [2.75, 3.05) is 0 Å². The molecule has 17 heavy (non-hydrogen) atoms. The lowest BCUT2D eigenvalue weighted by Crippen LogP contribution is -1.83. The molecule has 1 aromatic carbocycles. The fraction of sp³-hybridized carbons (Fsp3) is 0.143. The van der Waals surface area contributed by atoms with E-state index in [0.29, 0.717) is 0 Å². The summed E-state index contributed by atoms with van der Waals surface area (Å²) in [5.74, 6) is 0.876. The largest absolute Gasteiger partial charge is 0.337 e. The molecule has 0 saturated carbocycles. The smallest absolute Gasteiger partial charge is 0.178 e. The molecule has 0 aliphatic carbocycles. The first-order valence-electron chi connectivity index (χ1n) is 5.77. The average Bonchev–Trinajstić information content (AvgIpc) is 2.82. The third-order valence-corrected chi connectivity index (χ3v) is 2.89. The molecular formula is C14H13N3. The quantitative estimate of drug-likeness (QED) is 0.725. The van der Waals surface area contributed by atoms with Crippen LogP contribution in [0.1, 0.15) is 12.5 Å². The van der Waals surface area contributed by atoms with Crippen LogP contribution in [0.15, 0.2) is 42.6 Å². The predicted octanol–water partition coefficient (Wildman–Crippen LogP) is 3.19. The maximum atomic E-state index is 4.47. The number of hydrogen-bond donors (Lipinski definition) is 1. The van der Waals surface area contributed by atoms with Crippen molar-refractivity contribution >= 4 is 11.2 Å². The zero-order chi connectivity index (χ0) is 11.7. The Hall–Kier alpha value is -2.16. The van der Waals surface area contributed by atoms with E-state index in [9.17, 15) is 0 Å². The maximum absolute atomic E-state index is 4.47. The van der Waals surface area contributed by atoms with Crippen molar-refractivity contribution in [1.29, 1.82) is 0 Å². The predicted molar refractivity (Wildman–Crippen MR) is 68.7 cm³/mol. The summed E-state index contributed by atoms with van der Waals surface area (Å²) in [6.07, 6.45) is 2.81. The standard InChI is InChI=1S/C14H13N3/c1-2-10-5-7-11(8-6-10)13-16-12-4-3-9-15-14(12)17-13/h3-9H,2H2,1H3,(H,15,16,17). The Morgan fingerprint density at radius 1 is 1.12 bits per heavy atom. The molecule has 0 atom stereocenters. The molecule has 0 spiro atoms. The zero-order valence-electron chi connectivity index (χ0n) is 9.64. The molecule has 0 saturated heterocycles. The summed E-state index contributed by atoms with van der Waals surface area (Å²) in [5, 5.41) is 0. The van der Waals surface area contributed by atoms with Crippen molar-refractivity contribution in [2.45, 2.75) is 13.3 Å². The van der Waals surface area contributed by atoms with Crippen molar-refractivity contribution in [3.05, 3.63) is 48.2 Å². The van der Waals surface area contributed by atoms with Crippen molar-refractivity contribution in [1.82, 2.24) is 15.0 Å². The van der Waals surface area contributed by atoms with Gasteiger partial charge in [-0.3, -0.25) is 0 Å². The second-order valence-corrected chi connectivity index (χ2v) is 4.01. The highest BCUT2D eigenvalue weighted by molar-refractivity contribution is 5.75. The van der Waals surface area contributed by atoms with Crippen LogP contribution >= 0.6 is 0 Å². The Morgan fingerprint density at radius 3 is 2.65 bits per heavy atom. The molecule has 0 bridgehead atoms. The average molecular weight is 223 g/mol. The van der Waals surface area contributed by atoms with Crippen LogP contribution in [-0.2, 0) is 6.42 Å². The van der Waals surface area contributed by atoms with Gasteiger partial charge in [0, 0.05) is 11.8 Å². The molecule has 0 radical (unpaired) electrons. The molecule has 2 aromatic heterocycles. The maximum Gasteiger partial charge on any atom is 0.178 e. The van der Waals surface area contributed by atoms with Gasteiger partial charge < -0.3 is 4.98 Å². The Morgan fingerprint density at radius 2 is 1.94 bits per heavy atom. The fourth-order valence-electron chi connectivity index (χ4n) is 1.88. The third-order valence-electron chi connectivity index (χ3n) is 2.89. The Labute approximate surface area is 99.5 Å². The lowest BCUT2D eigenvalue weighted by Gasteiger charge is -1.98. The second-order valence-electron chi connectivity index (χ2n) is 4.01. The lowest BCUT2D eigenvalue weighted by molar-refractivity contribution is 1.14. The number of hydrogen-bond acceptors (Lipinski definition) is 2. The molecule has 1 N–H and O–H groups in total. The Kier molecular flexibility index (Phi) is 2.37. The summed E-state index contributed by atoms with van der Waals surface area (Å²) in [6.45, 7) is 2.15. The summed E-state index contributed by atoms with van der Waals surface area (Å²) in [5.41, 5.74) is 4.17. The van der Waals surface area contributed by atoms with Gasteiger partial charge in [0.05, 0.1) is 5.52 Å². The zero-order valence-corrected chi connectivity index (χ0v) is 9.64. The molecule has 2 heterocycles. The van der Waals surface area contributed by atoms with Crippen molar-refractivity contribution in [2.24, 2.45) is 0 Å². The second kappa shape index (κ2) is 4.01. The first-order chi connectivity index (χ1) is 8.36. The Balaban J connectivity index is 2.07. The normalized spacial score (nSPS) is 10.9. The highest BCUT2D eigenvalue weighted by Gasteiger charge is 2.04. The van der Waals surface area contributed by atoms with Gasteiger partial charge in [-0.25, -0.2) is 9.97 Å². The number of rotatable bonds is 2. The SMILES string of the molecule is CCc1ccc(-c2nc3ncccc3[nH]2)cc1. The summed E-state index contributed by atoms with van der Waals surface area (Å²) in [4.78, 5) is 12.0. The van der Waals surface area contributed by atoms with Crippen LogP contribution in [0.4, 0.5) is 0 Å². The van der Waals surface area contributed by atoms with Crippen molar-refractivity contribution in [3.8, 4) is 11.4 Å². The highest BCUT2D eigenvalue weighted by atomic mass is 15.0. The molecular weight excluding hydrogens is 210 g/mol. The van der Waals surface area contributed by atoms with E-state index in [1.807, 2.05) is 12.1 Å².